The molecule has 2 fully saturated rings. The number of hydrogen-bond acceptors (Lipinski definition) is 2. The SMILES string of the molecule is CC(C)SC1(CN)CC2(CC2)C1. The van der Waals surface area contributed by atoms with Gasteiger partial charge in [0.1, 0.15) is 0 Å². The van der Waals surface area contributed by atoms with Crippen molar-refractivity contribution < 1.29 is 0 Å². The predicted molar refractivity (Wildman–Crippen MR) is 55.4 cm³/mol. The van der Waals surface area contributed by atoms with Crippen molar-refractivity contribution in [3.05, 3.63) is 0 Å². The van der Waals surface area contributed by atoms with Gasteiger partial charge in [0, 0.05) is 11.3 Å². The lowest BCUT2D eigenvalue weighted by atomic mass is 9.71. The van der Waals surface area contributed by atoms with E-state index in [0.717, 1.165) is 17.2 Å². The molecular weight excluding hydrogens is 166 g/mol. The maximum Gasteiger partial charge on any atom is 0.0295 e. The number of thioether (sulfide) groups is 1. The van der Waals surface area contributed by atoms with Crippen LogP contribution in [0.1, 0.15) is 39.5 Å². The van der Waals surface area contributed by atoms with Crippen molar-refractivity contribution in [2.24, 2.45) is 11.1 Å². The molecule has 2 aliphatic rings. The Hall–Kier alpha value is 0.310. The van der Waals surface area contributed by atoms with E-state index in [0.29, 0.717) is 4.75 Å². The zero-order valence-corrected chi connectivity index (χ0v) is 8.91. The third-order valence-corrected chi connectivity index (χ3v) is 4.64. The minimum absolute atomic E-state index is 0.477. The molecule has 0 aliphatic heterocycles. The van der Waals surface area contributed by atoms with Crippen LogP contribution >= 0.6 is 11.8 Å². The number of rotatable bonds is 3. The molecule has 0 aromatic carbocycles. The molecule has 0 saturated heterocycles. The number of nitrogens with two attached hydrogens (primary N) is 1. The molecule has 0 unspecified atom stereocenters. The van der Waals surface area contributed by atoms with Crippen LogP contribution in [-0.4, -0.2) is 16.5 Å². The topological polar surface area (TPSA) is 26.0 Å². The second kappa shape index (κ2) is 2.65. The Morgan fingerprint density at radius 1 is 1.33 bits per heavy atom. The zero-order chi connectivity index (χ0) is 8.82. The van der Waals surface area contributed by atoms with Crippen LogP contribution in [0.25, 0.3) is 0 Å². The maximum atomic E-state index is 5.85. The molecule has 70 valence electrons. The normalized spacial score (nSPS) is 29.0. The highest BCUT2D eigenvalue weighted by Gasteiger charge is 2.60. The highest BCUT2D eigenvalue weighted by Crippen LogP contribution is 2.68. The molecule has 0 aromatic rings. The summed E-state index contributed by atoms with van der Waals surface area (Å²) in [5.74, 6) is 0. The van der Waals surface area contributed by atoms with Gasteiger partial charge < -0.3 is 5.73 Å². The number of hydrogen-bond donors (Lipinski definition) is 1. The average Bonchev–Trinajstić information content (AvgIpc) is 2.65. The third kappa shape index (κ3) is 1.39. The summed E-state index contributed by atoms with van der Waals surface area (Å²) in [6, 6.07) is 0. The molecular formula is C10H19NS. The molecule has 1 nitrogen and oxygen atoms in total. The molecule has 12 heavy (non-hydrogen) atoms. The highest BCUT2D eigenvalue weighted by atomic mass is 32.2. The summed E-state index contributed by atoms with van der Waals surface area (Å²) in [5.41, 5.74) is 6.64. The molecule has 0 heterocycles. The van der Waals surface area contributed by atoms with E-state index in [1.54, 1.807) is 0 Å². The summed E-state index contributed by atoms with van der Waals surface area (Å²) >= 11 is 2.11. The smallest absolute Gasteiger partial charge is 0.0295 e. The fraction of sp³-hybridized carbons (Fsp3) is 1.00. The summed E-state index contributed by atoms with van der Waals surface area (Å²) in [6.45, 7) is 5.44. The average molecular weight is 185 g/mol. The molecule has 0 radical (unpaired) electrons. The first kappa shape index (κ1) is 8.89. The maximum absolute atomic E-state index is 5.85. The molecule has 2 aliphatic carbocycles. The Kier molecular flexibility index (Phi) is 1.96. The van der Waals surface area contributed by atoms with Gasteiger partial charge in [-0.25, -0.2) is 0 Å². The molecule has 0 bridgehead atoms. The molecule has 0 amide bonds. The van der Waals surface area contributed by atoms with Gasteiger partial charge in [-0.2, -0.15) is 11.8 Å². The van der Waals surface area contributed by atoms with Gasteiger partial charge in [0.05, 0.1) is 0 Å². The van der Waals surface area contributed by atoms with Crippen molar-refractivity contribution in [2.75, 3.05) is 6.54 Å². The van der Waals surface area contributed by atoms with E-state index < -0.39 is 0 Å². The molecule has 1 spiro atoms. The van der Waals surface area contributed by atoms with Crippen LogP contribution in [0.2, 0.25) is 0 Å². The van der Waals surface area contributed by atoms with Gasteiger partial charge >= 0.3 is 0 Å². The third-order valence-electron chi connectivity index (χ3n) is 3.21. The molecule has 2 saturated carbocycles. The standard InChI is InChI=1S/C10H19NS/c1-8(2)12-10(7-11)5-9(6-10)3-4-9/h8H,3-7,11H2,1-2H3. The lowest BCUT2D eigenvalue weighted by molar-refractivity contribution is 0.210. The molecule has 0 atom stereocenters. The van der Waals surface area contributed by atoms with Gasteiger partial charge in [-0.05, 0) is 36.3 Å². The van der Waals surface area contributed by atoms with Crippen LogP contribution in [0, 0.1) is 5.41 Å². The van der Waals surface area contributed by atoms with Crippen molar-refractivity contribution in [1.29, 1.82) is 0 Å². The van der Waals surface area contributed by atoms with Gasteiger partial charge in [0.15, 0.2) is 0 Å². The van der Waals surface area contributed by atoms with Crippen molar-refractivity contribution in [2.45, 2.75) is 49.5 Å². The minimum Gasteiger partial charge on any atom is -0.329 e. The summed E-state index contributed by atoms with van der Waals surface area (Å²) < 4.78 is 0.477. The molecule has 2 rings (SSSR count). The van der Waals surface area contributed by atoms with Crippen LogP contribution in [0.5, 0.6) is 0 Å². The Labute approximate surface area is 79.5 Å². The summed E-state index contributed by atoms with van der Waals surface area (Å²) in [4.78, 5) is 0. The van der Waals surface area contributed by atoms with Crippen LogP contribution in [-0.2, 0) is 0 Å². The second-order valence-corrected chi connectivity index (χ2v) is 6.95. The molecule has 2 heteroatoms. The lowest BCUT2D eigenvalue weighted by Gasteiger charge is -2.48. The van der Waals surface area contributed by atoms with Crippen molar-refractivity contribution in [3.63, 3.8) is 0 Å². The Bertz CT molecular complexity index is 171. The van der Waals surface area contributed by atoms with E-state index in [1.807, 2.05) is 0 Å². The van der Waals surface area contributed by atoms with Crippen molar-refractivity contribution in [1.82, 2.24) is 0 Å². The Morgan fingerprint density at radius 2 is 1.92 bits per heavy atom. The first-order valence-corrected chi connectivity index (χ1v) is 5.86. The van der Waals surface area contributed by atoms with E-state index in [4.69, 9.17) is 5.73 Å². The lowest BCUT2D eigenvalue weighted by Crippen LogP contribution is -2.48. The van der Waals surface area contributed by atoms with Gasteiger partial charge in [-0.15, -0.1) is 0 Å². The van der Waals surface area contributed by atoms with Gasteiger partial charge in [-0.3, -0.25) is 0 Å². The van der Waals surface area contributed by atoms with E-state index in [2.05, 4.69) is 25.6 Å². The van der Waals surface area contributed by atoms with Crippen LogP contribution in [0.4, 0.5) is 0 Å². The van der Waals surface area contributed by atoms with Gasteiger partial charge in [0.25, 0.3) is 0 Å². The summed E-state index contributed by atoms with van der Waals surface area (Å²) in [6.07, 6.45) is 5.76. The first-order chi connectivity index (χ1) is 5.60. The van der Waals surface area contributed by atoms with Crippen molar-refractivity contribution >= 4 is 11.8 Å². The largest absolute Gasteiger partial charge is 0.329 e. The quantitative estimate of drug-likeness (QED) is 0.730. The Balaban J connectivity index is 1.90. The highest BCUT2D eigenvalue weighted by molar-refractivity contribution is 8.01. The first-order valence-electron chi connectivity index (χ1n) is 4.98. The summed E-state index contributed by atoms with van der Waals surface area (Å²) in [5, 5.41) is 0.740. The monoisotopic (exact) mass is 185 g/mol. The summed E-state index contributed by atoms with van der Waals surface area (Å²) in [7, 11) is 0. The van der Waals surface area contributed by atoms with Gasteiger partial charge in [-0.1, -0.05) is 13.8 Å². The van der Waals surface area contributed by atoms with E-state index >= 15 is 0 Å². The zero-order valence-electron chi connectivity index (χ0n) is 8.10. The van der Waals surface area contributed by atoms with E-state index in [-0.39, 0.29) is 0 Å². The Morgan fingerprint density at radius 3 is 2.25 bits per heavy atom. The second-order valence-electron chi connectivity index (χ2n) is 4.91. The molecule has 0 aromatic heterocycles. The van der Waals surface area contributed by atoms with E-state index in [1.165, 1.54) is 25.7 Å². The fourth-order valence-corrected chi connectivity index (χ4v) is 4.50. The molecule has 2 N–H and O–H groups in total. The van der Waals surface area contributed by atoms with Crippen LogP contribution in [0.15, 0.2) is 0 Å². The predicted octanol–water partition coefficient (Wildman–Crippen LogP) is 2.40. The van der Waals surface area contributed by atoms with E-state index in [9.17, 15) is 0 Å². The minimum atomic E-state index is 0.477. The van der Waals surface area contributed by atoms with Crippen molar-refractivity contribution in [3.8, 4) is 0 Å². The van der Waals surface area contributed by atoms with Gasteiger partial charge in [0.2, 0.25) is 0 Å². The van der Waals surface area contributed by atoms with Crippen LogP contribution in [0.3, 0.4) is 0 Å². The van der Waals surface area contributed by atoms with Crippen LogP contribution < -0.4 is 5.73 Å². The fourth-order valence-electron chi connectivity index (χ4n) is 2.62.